The maximum absolute atomic E-state index is 12.3. The number of nitrogens with one attached hydrogen (secondary N) is 2. The standard InChI is InChI=1S/C23H34N2O/c1-16(2)14-17(3)25-22(26)20-11-9-19(10-12-20)18(4)24-15-21-8-7-13-23(21,5)6/h9-12,16,21,24H,3-4,7-8,13-15H2,1-2,5-6H3,(H,25,26). The highest BCUT2D eigenvalue weighted by Crippen LogP contribution is 2.42. The van der Waals surface area contributed by atoms with E-state index in [1.54, 1.807) is 0 Å². The van der Waals surface area contributed by atoms with E-state index in [4.69, 9.17) is 0 Å². The third-order valence-corrected chi connectivity index (χ3v) is 5.48. The highest BCUT2D eigenvalue weighted by molar-refractivity contribution is 5.95. The molecule has 1 amide bonds. The van der Waals surface area contributed by atoms with E-state index in [9.17, 15) is 4.79 Å². The second kappa shape index (κ2) is 8.57. The molecule has 1 unspecified atom stereocenters. The van der Waals surface area contributed by atoms with E-state index < -0.39 is 0 Å². The topological polar surface area (TPSA) is 41.1 Å². The molecule has 1 fully saturated rings. The summed E-state index contributed by atoms with van der Waals surface area (Å²) < 4.78 is 0. The average molecular weight is 355 g/mol. The van der Waals surface area contributed by atoms with Gasteiger partial charge in [-0.3, -0.25) is 4.79 Å². The van der Waals surface area contributed by atoms with Gasteiger partial charge in [0.1, 0.15) is 0 Å². The summed E-state index contributed by atoms with van der Waals surface area (Å²) in [7, 11) is 0. The van der Waals surface area contributed by atoms with Gasteiger partial charge in [0.25, 0.3) is 5.91 Å². The second-order valence-electron chi connectivity index (χ2n) is 8.67. The van der Waals surface area contributed by atoms with Crippen molar-refractivity contribution < 1.29 is 4.79 Å². The van der Waals surface area contributed by atoms with Crippen LogP contribution in [0.4, 0.5) is 0 Å². The Hall–Kier alpha value is -2.03. The molecular formula is C23H34N2O. The number of hydrogen-bond donors (Lipinski definition) is 2. The van der Waals surface area contributed by atoms with Crippen molar-refractivity contribution in [2.24, 2.45) is 17.3 Å². The minimum atomic E-state index is -0.103. The van der Waals surface area contributed by atoms with Crippen molar-refractivity contribution in [2.75, 3.05) is 6.54 Å². The summed E-state index contributed by atoms with van der Waals surface area (Å²) in [5.41, 5.74) is 3.76. The molecule has 2 rings (SSSR count). The Labute approximate surface area is 159 Å². The highest BCUT2D eigenvalue weighted by atomic mass is 16.1. The molecule has 3 heteroatoms. The minimum absolute atomic E-state index is 0.103. The largest absolute Gasteiger partial charge is 0.385 e. The molecule has 1 aliphatic rings. The lowest BCUT2D eigenvalue weighted by atomic mass is 9.82. The lowest BCUT2D eigenvalue weighted by Crippen LogP contribution is -2.28. The van der Waals surface area contributed by atoms with Gasteiger partial charge in [0.2, 0.25) is 0 Å². The zero-order valence-corrected chi connectivity index (χ0v) is 16.8. The number of carbonyl (C=O) groups is 1. The van der Waals surface area contributed by atoms with Gasteiger partial charge in [-0.1, -0.05) is 59.4 Å². The Bertz CT molecular complexity index is 655. The molecule has 0 radical (unpaired) electrons. The molecule has 1 aliphatic carbocycles. The molecule has 1 atom stereocenters. The third kappa shape index (κ3) is 5.48. The number of benzene rings is 1. The van der Waals surface area contributed by atoms with Crippen LogP contribution < -0.4 is 10.6 Å². The van der Waals surface area contributed by atoms with E-state index in [2.05, 4.69) is 51.5 Å². The van der Waals surface area contributed by atoms with Crippen LogP contribution in [-0.4, -0.2) is 12.5 Å². The quantitative estimate of drug-likeness (QED) is 0.659. The first-order chi connectivity index (χ1) is 12.2. The second-order valence-corrected chi connectivity index (χ2v) is 8.67. The monoisotopic (exact) mass is 354 g/mol. The number of rotatable bonds is 8. The fourth-order valence-electron chi connectivity index (χ4n) is 3.73. The fourth-order valence-corrected chi connectivity index (χ4v) is 3.73. The molecule has 0 aliphatic heterocycles. The average Bonchev–Trinajstić information content (AvgIpc) is 2.90. The summed E-state index contributed by atoms with van der Waals surface area (Å²) in [6.45, 7) is 18.0. The van der Waals surface area contributed by atoms with Gasteiger partial charge in [-0.05, 0) is 54.2 Å². The molecule has 0 saturated heterocycles. The number of hydrogen-bond acceptors (Lipinski definition) is 2. The van der Waals surface area contributed by atoms with Crippen LogP contribution in [0.2, 0.25) is 0 Å². The summed E-state index contributed by atoms with van der Waals surface area (Å²) in [4.78, 5) is 12.3. The normalized spacial score (nSPS) is 18.6. The van der Waals surface area contributed by atoms with Gasteiger partial charge < -0.3 is 10.6 Å². The fraction of sp³-hybridized carbons (Fsp3) is 0.522. The molecule has 2 N–H and O–H groups in total. The van der Waals surface area contributed by atoms with Gasteiger partial charge in [-0.2, -0.15) is 0 Å². The van der Waals surface area contributed by atoms with Gasteiger partial charge in [0, 0.05) is 23.5 Å². The molecule has 0 bridgehead atoms. The predicted molar refractivity (Wildman–Crippen MR) is 111 cm³/mol. The maximum Gasteiger partial charge on any atom is 0.255 e. The van der Waals surface area contributed by atoms with Crippen LogP contribution in [0.3, 0.4) is 0 Å². The number of allylic oxidation sites excluding steroid dienone is 1. The molecule has 26 heavy (non-hydrogen) atoms. The van der Waals surface area contributed by atoms with E-state index in [-0.39, 0.29) is 5.91 Å². The van der Waals surface area contributed by atoms with Crippen LogP contribution in [0.15, 0.2) is 43.1 Å². The first-order valence-electron chi connectivity index (χ1n) is 9.71. The van der Waals surface area contributed by atoms with Crippen LogP contribution in [-0.2, 0) is 0 Å². The lowest BCUT2D eigenvalue weighted by molar-refractivity contribution is 0.0964. The SMILES string of the molecule is C=C(CC(C)C)NC(=O)c1ccc(C(=C)NCC2CCCC2(C)C)cc1. The Kier molecular flexibility index (Phi) is 6.69. The van der Waals surface area contributed by atoms with Gasteiger partial charge >= 0.3 is 0 Å². The van der Waals surface area contributed by atoms with Crippen molar-refractivity contribution >= 4 is 11.6 Å². The van der Waals surface area contributed by atoms with Crippen molar-refractivity contribution in [3.05, 3.63) is 54.2 Å². The van der Waals surface area contributed by atoms with E-state index in [0.29, 0.717) is 22.8 Å². The van der Waals surface area contributed by atoms with Crippen molar-refractivity contribution in [3.63, 3.8) is 0 Å². The Morgan fingerprint density at radius 1 is 1.19 bits per heavy atom. The van der Waals surface area contributed by atoms with Crippen LogP contribution in [0.5, 0.6) is 0 Å². The van der Waals surface area contributed by atoms with Crippen molar-refractivity contribution in [2.45, 2.75) is 53.4 Å². The Morgan fingerprint density at radius 3 is 2.35 bits per heavy atom. The van der Waals surface area contributed by atoms with E-state index in [1.807, 2.05) is 24.3 Å². The summed E-state index contributed by atoms with van der Waals surface area (Å²) in [5.74, 6) is 1.06. The van der Waals surface area contributed by atoms with Gasteiger partial charge in [-0.25, -0.2) is 0 Å². The van der Waals surface area contributed by atoms with Crippen molar-refractivity contribution in [1.82, 2.24) is 10.6 Å². The molecule has 142 valence electrons. The van der Waals surface area contributed by atoms with Crippen molar-refractivity contribution in [1.29, 1.82) is 0 Å². The molecule has 3 nitrogen and oxygen atoms in total. The third-order valence-electron chi connectivity index (χ3n) is 5.48. The lowest BCUT2D eigenvalue weighted by Gasteiger charge is -2.28. The van der Waals surface area contributed by atoms with Gasteiger partial charge in [-0.15, -0.1) is 0 Å². The maximum atomic E-state index is 12.3. The summed E-state index contributed by atoms with van der Waals surface area (Å²) in [6, 6.07) is 7.60. The molecule has 1 aromatic rings. The van der Waals surface area contributed by atoms with Gasteiger partial charge in [0.15, 0.2) is 0 Å². The summed E-state index contributed by atoms with van der Waals surface area (Å²) in [5, 5.41) is 6.37. The van der Waals surface area contributed by atoms with Crippen LogP contribution in [0.1, 0.15) is 69.3 Å². The molecular weight excluding hydrogens is 320 g/mol. The van der Waals surface area contributed by atoms with Crippen LogP contribution in [0.25, 0.3) is 5.70 Å². The summed E-state index contributed by atoms with van der Waals surface area (Å²) >= 11 is 0. The number of carbonyl (C=O) groups excluding carboxylic acids is 1. The predicted octanol–water partition coefficient (Wildman–Crippen LogP) is 5.36. The summed E-state index contributed by atoms with van der Waals surface area (Å²) in [6.07, 6.45) is 4.70. The van der Waals surface area contributed by atoms with Crippen LogP contribution in [0, 0.1) is 17.3 Å². The smallest absolute Gasteiger partial charge is 0.255 e. The zero-order chi connectivity index (χ0) is 19.3. The molecule has 1 saturated carbocycles. The minimum Gasteiger partial charge on any atom is -0.385 e. The van der Waals surface area contributed by atoms with Crippen molar-refractivity contribution in [3.8, 4) is 0 Å². The first kappa shape index (κ1) is 20.3. The van der Waals surface area contributed by atoms with Gasteiger partial charge in [0.05, 0.1) is 0 Å². The zero-order valence-electron chi connectivity index (χ0n) is 16.8. The van der Waals surface area contributed by atoms with E-state index in [0.717, 1.165) is 29.9 Å². The molecule has 1 aromatic carbocycles. The highest BCUT2D eigenvalue weighted by Gasteiger charge is 2.33. The van der Waals surface area contributed by atoms with E-state index in [1.165, 1.54) is 19.3 Å². The number of amides is 1. The Balaban J connectivity index is 1.89. The van der Waals surface area contributed by atoms with E-state index >= 15 is 0 Å². The Morgan fingerprint density at radius 2 is 1.81 bits per heavy atom. The molecule has 0 spiro atoms. The molecule has 0 aromatic heterocycles. The van der Waals surface area contributed by atoms with Crippen LogP contribution >= 0.6 is 0 Å². The molecule has 0 heterocycles. The first-order valence-corrected chi connectivity index (χ1v) is 9.71.